The summed E-state index contributed by atoms with van der Waals surface area (Å²) < 4.78 is 5.47. The lowest BCUT2D eigenvalue weighted by atomic mass is 10.1. The third-order valence-corrected chi connectivity index (χ3v) is 4.20. The molecule has 122 valence electrons. The highest BCUT2D eigenvalue weighted by Gasteiger charge is 2.25. The van der Waals surface area contributed by atoms with Gasteiger partial charge in [0.25, 0.3) is 0 Å². The highest BCUT2D eigenvalue weighted by atomic mass is 16.6. The van der Waals surface area contributed by atoms with E-state index in [0.717, 1.165) is 45.4 Å². The largest absolute Gasteiger partial charge is 0.444 e. The van der Waals surface area contributed by atoms with Crippen LogP contribution in [0.3, 0.4) is 0 Å². The number of amides is 1. The van der Waals surface area contributed by atoms with Crippen LogP contribution in [0.25, 0.3) is 0 Å². The lowest BCUT2D eigenvalue weighted by Crippen LogP contribution is -2.41. The van der Waals surface area contributed by atoms with E-state index in [2.05, 4.69) is 10.6 Å². The fraction of sp³-hybridized carbons (Fsp3) is 0.938. The Balaban J connectivity index is 1.72. The Labute approximate surface area is 128 Å². The second kappa shape index (κ2) is 7.45. The molecule has 0 bridgehead atoms. The van der Waals surface area contributed by atoms with Gasteiger partial charge < -0.3 is 20.3 Å². The quantitative estimate of drug-likeness (QED) is 0.838. The first-order valence-electron chi connectivity index (χ1n) is 8.39. The van der Waals surface area contributed by atoms with Crippen LogP contribution in [0.2, 0.25) is 0 Å². The standard InChI is InChI=1S/C16H31N3O2/c1-16(2,3)21-15(20)19-10-5-7-13(8-11-19)18-12-14-6-4-9-17-14/h13-14,17-18H,4-12H2,1-3H3. The van der Waals surface area contributed by atoms with Crippen molar-refractivity contribution >= 4 is 6.09 Å². The molecular weight excluding hydrogens is 266 g/mol. The van der Waals surface area contributed by atoms with E-state index in [9.17, 15) is 4.79 Å². The minimum atomic E-state index is -0.408. The van der Waals surface area contributed by atoms with Gasteiger partial charge in [-0.2, -0.15) is 0 Å². The van der Waals surface area contributed by atoms with Gasteiger partial charge in [-0.3, -0.25) is 0 Å². The molecule has 1 amide bonds. The SMILES string of the molecule is CC(C)(C)OC(=O)N1CCCC(NCC2CCCN2)CC1. The number of hydrogen-bond donors (Lipinski definition) is 2. The topological polar surface area (TPSA) is 53.6 Å². The second-order valence-corrected chi connectivity index (χ2v) is 7.30. The highest BCUT2D eigenvalue weighted by Crippen LogP contribution is 2.16. The first kappa shape index (κ1) is 16.6. The maximum atomic E-state index is 12.1. The fourth-order valence-electron chi connectivity index (χ4n) is 3.05. The molecule has 2 atom stereocenters. The maximum Gasteiger partial charge on any atom is 0.410 e. The summed E-state index contributed by atoms with van der Waals surface area (Å²) in [6, 6.07) is 1.16. The molecule has 0 aromatic heterocycles. The van der Waals surface area contributed by atoms with E-state index >= 15 is 0 Å². The van der Waals surface area contributed by atoms with Gasteiger partial charge >= 0.3 is 6.09 Å². The molecule has 0 aromatic carbocycles. The van der Waals surface area contributed by atoms with Crippen molar-refractivity contribution in [2.45, 2.75) is 70.6 Å². The Kier molecular flexibility index (Phi) is 5.88. The molecule has 2 rings (SSSR count). The summed E-state index contributed by atoms with van der Waals surface area (Å²) in [6.07, 6.45) is 5.63. The van der Waals surface area contributed by atoms with E-state index in [0.29, 0.717) is 12.1 Å². The van der Waals surface area contributed by atoms with Gasteiger partial charge in [-0.1, -0.05) is 0 Å². The van der Waals surface area contributed by atoms with Gasteiger partial charge in [-0.15, -0.1) is 0 Å². The molecular formula is C16H31N3O2. The lowest BCUT2D eigenvalue weighted by Gasteiger charge is -2.26. The molecule has 0 radical (unpaired) electrons. The van der Waals surface area contributed by atoms with Crippen molar-refractivity contribution in [3.8, 4) is 0 Å². The predicted molar refractivity (Wildman–Crippen MR) is 84.5 cm³/mol. The molecule has 2 aliphatic heterocycles. The van der Waals surface area contributed by atoms with Crippen LogP contribution in [0.4, 0.5) is 4.79 Å². The third-order valence-electron chi connectivity index (χ3n) is 4.20. The molecule has 0 aromatic rings. The summed E-state index contributed by atoms with van der Waals surface area (Å²) in [5.74, 6) is 0. The molecule has 0 spiro atoms. The van der Waals surface area contributed by atoms with E-state index in [1.165, 1.54) is 12.8 Å². The smallest absolute Gasteiger partial charge is 0.410 e. The number of likely N-dealkylation sites (tertiary alicyclic amines) is 1. The van der Waals surface area contributed by atoms with Gasteiger partial charge in [0.2, 0.25) is 0 Å². The Hall–Kier alpha value is -0.810. The number of carbonyl (C=O) groups is 1. The molecule has 2 fully saturated rings. The number of nitrogens with zero attached hydrogens (tertiary/aromatic N) is 1. The van der Waals surface area contributed by atoms with Gasteiger partial charge in [0.05, 0.1) is 0 Å². The first-order chi connectivity index (χ1) is 9.94. The monoisotopic (exact) mass is 297 g/mol. The predicted octanol–water partition coefficient (Wildman–Crippen LogP) is 2.12. The summed E-state index contributed by atoms with van der Waals surface area (Å²) in [4.78, 5) is 14.0. The van der Waals surface area contributed by atoms with Crippen molar-refractivity contribution in [3.05, 3.63) is 0 Å². The average Bonchev–Trinajstić information content (AvgIpc) is 2.78. The number of hydrogen-bond acceptors (Lipinski definition) is 4. The van der Waals surface area contributed by atoms with Gasteiger partial charge in [-0.25, -0.2) is 4.79 Å². The van der Waals surface area contributed by atoms with Crippen LogP contribution in [-0.4, -0.2) is 54.9 Å². The van der Waals surface area contributed by atoms with Crippen LogP contribution >= 0.6 is 0 Å². The minimum absolute atomic E-state index is 0.166. The van der Waals surface area contributed by atoms with Crippen molar-refractivity contribution < 1.29 is 9.53 Å². The Bertz CT molecular complexity index is 335. The Morgan fingerprint density at radius 3 is 2.71 bits per heavy atom. The highest BCUT2D eigenvalue weighted by molar-refractivity contribution is 5.68. The molecule has 0 saturated carbocycles. The summed E-state index contributed by atoms with van der Waals surface area (Å²) in [5, 5.41) is 7.19. The first-order valence-corrected chi connectivity index (χ1v) is 8.39. The Morgan fingerprint density at radius 1 is 1.24 bits per heavy atom. The molecule has 2 unspecified atom stereocenters. The molecule has 2 saturated heterocycles. The third kappa shape index (κ3) is 5.83. The molecule has 5 heteroatoms. The van der Waals surface area contributed by atoms with Gasteiger partial charge in [0, 0.05) is 31.7 Å². The lowest BCUT2D eigenvalue weighted by molar-refractivity contribution is 0.0256. The molecule has 21 heavy (non-hydrogen) atoms. The van der Waals surface area contributed by atoms with Gasteiger partial charge in [0.15, 0.2) is 0 Å². The van der Waals surface area contributed by atoms with Crippen LogP contribution in [0, 0.1) is 0 Å². The summed E-state index contributed by atoms with van der Waals surface area (Å²) in [5.41, 5.74) is -0.408. The fourth-order valence-corrected chi connectivity index (χ4v) is 3.05. The van der Waals surface area contributed by atoms with E-state index in [-0.39, 0.29) is 6.09 Å². The molecule has 0 aliphatic carbocycles. The number of ether oxygens (including phenoxy) is 1. The van der Waals surface area contributed by atoms with Crippen molar-refractivity contribution in [1.82, 2.24) is 15.5 Å². The number of nitrogens with one attached hydrogen (secondary N) is 2. The summed E-state index contributed by atoms with van der Waals surface area (Å²) in [7, 11) is 0. The van der Waals surface area contributed by atoms with E-state index in [1.807, 2.05) is 25.7 Å². The van der Waals surface area contributed by atoms with Crippen molar-refractivity contribution in [2.24, 2.45) is 0 Å². The van der Waals surface area contributed by atoms with Crippen LogP contribution in [0.15, 0.2) is 0 Å². The summed E-state index contributed by atoms with van der Waals surface area (Å²) >= 11 is 0. The van der Waals surface area contributed by atoms with E-state index < -0.39 is 5.60 Å². The normalized spacial score (nSPS) is 27.5. The van der Waals surface area contributed by atoms with Crippen molar-refractivity contribution in [2.75, 3.05) is 26.2 Å². The van der Waals surface area contributed by atoms with Gasteiger partial charge in [-0.05, 0) is 59.4 Å². The van der Waals surface area contributed by atoms with E-state index in [4.69, 9.17) is 4.74 Å². The zero-order valence-corrected chi connectivity index (χ0v) is 13.8. The van der Waals surface area contributed by atoms with Crippen molar-refractivity contribution in [1.29, 1.82) is 0 Å². The van der Waals surface area contributed by atoms with Crippen LogP contribution < -0.4 is 10.6 Å². The zero-order valence-electron chi connectivity index (χ0n) is 13.8. The second-order valence-electron chi connectivity index (χ2n) is 7.30. The average molecular weight is 297 g/mol. The van der Waals surface area contributed by atoms with Crippen molar-refractivity contribution in [3.63, 3.8) is 0 Å². The molecule has 2 heterocycles. The Morgan fingerprint density at radius 2 is 2.05 bits per heavy atom. The molecule has 2 N–H and O–H groups in total. The van der Waals surface area contributed by atoms with Crippen LogP contribution in [0.5, 0.6) is 0 Å². The number of carbonyl (C=O) groups excluding carboxylic acids is 1. The van der Waals surface area contributed by atoms with Crippen LogP contribution in [-0.2, 0) is 4.74 Å². The number of rotatable bonds is 3. The van der Waals surface area contributed by atoms with E-state index in [1.54, 1.807) is 0 Å². The van der Waals surface area contributed by atoms with Crippen LogP contribution in [0.1, 0.15) is 52.9 Å². The maximum absolute atomic E-state index is 12.1. The zero-order chi connectivity index (χ0) is 15.3. The van der Waals surface area contributed by atoms with Gasteiger partial charge in [0.1, 0.15) is 5.60 Å². The summed E-state index contributed by atoms with van der Waals surface area (Å²) in [6.45, 7) is 9.57. The molecule has 2 aliphatic rings. The molecule has 5 nitrogen and oxygen atoms in total. The minimum Gasteiger partial charge on any atom is -0.444 e.